The Labute approximate surface area is 198 Å². The van der Waals surface area contributed by atoms with Crippen LogP contribution in [0.15, 0.2) is 61.3 Å². The SMILES string of the molecule is CCNCc1cncc(-c2cnc3[nH]nc(-c4nc5c(-c6ccccn6)nccc5[nH]4)c3c2F)c1. The Bertz CT molecular complexity index is 1660. The van der Waals surface area contributed by atoms with Gasteiger partial charge in [0, 0.05) is 48.7 Å². The number of imidazole rings is 1. The van der Waals surface area contributed by atoms with Crippen molar-refractivity contribution in [3.05, 3.63) is 72.7 Å². The average Bonchev–Trinajstić information content (AvgIpc) is 3.53. The number of hydrogen-bond donors (Lipinski definition) is 3. The molecule has 10 heteroatoms. The number of halogens is 1. The van der Waals surface area contributed by atoms with E-state index < -0.39 is 5.82 Å². The first kappa shape index (κ1) is 21.0. The van der Waals surface area contributed by atoms with Crippen molar-refractivity contribution in [1.82, 2.24) is 45.4 Å². The van der Waals surface area contributed by atoms with Gasteiger partial charge in [-0.15, -0.1) is 0 Å². The Hall–Kier alpha value is -4.57. The Balaban J connectivity index is 1.48. The van der Waals surface area contributed by atoms with E-state index in [4.69, 9.17) is 4.98 Å². The molecule has 0 fully saturated rings. The van der Waals surface area contributed by atoms with Gasteiger partial charge in [-0.05, 0) is 36.4 Å². The molecule has 0 aliphatic heterocycles. The van der Waals surface area contributed by atoms with Crippen molar-refractivity contribution in [3.63, 3.8) is 0 Å². The lowest BCUT2D eigenvalue weighted by atomic mass is 10.1. The topological polar surface area (TPSA) is 121 Å². The molecule has 6 aromatic rings. The fourth-order valence-corrected chi connectivity index (χ4v) is 4.07. The van der Waals surface area contributed by atoms with E-state index in [0.29, 0.717) is 51.7 Å². The summed E-state index contributed by atoms with van der Waals surface area (Å²) in [5.74, 6) is -0.0296. The molecule has 0 radical (unpaired) electrons. The Morgan fingerprint density at radius 3 is 2.80 bits per heavy atom. The molecule has 6 heterocycles. The van der Waals surface area contributed by atoms with Crippen molar-refractivity contribution in [2.45, 2.75) is 13.5 Å². The number of nitrogens with zero attached hydrogens (tertiary/aromatic N) is 6. The molecule has 9 nitrogen and oxygen atoms in total. The van der Waals surface area contributed by atoms with Crippen LogP contribution >= 0.6 is 0 Å². The zero-order chi connectivity index (χ0) is 23.8. The third-order valence-electron chi connectivity index (χ3n) is 5.74. The summed E-state index contributed by atoms with van der Waals surface area (Å²) in [6, 6.07) is 9.33. The minimum Gasteiger partial charge on any atom is -0.336 e. The summed E-state index contributed by atoms with van der Waals surface area (Å²) in [6.45, 7) is 3.51. The molecule has 0 aromatic carbocycles. The normalized spacial score (nSPS) is 11.5. The lowest BCUT2D eigenvalue weighted by Crippen LogP contribution is -2.11. The predicted molar refractivity (Wildman–Crippen MR) is 131 cm³/mol. The number of hydrogen-bond acceptors (Lipinski definition) is 7. The highest BCUT2D eigenvalue weighted by Crippen LogP contribution is 2.33. The number of pyridine rings is 4. The van der Waals surface area contributed by atoms with Crippen LogP contribution in [0.5, 0.6) is 0 Å². The van der Waals surface area contributed by atoms with Crippen molar-refractivity contribution in [2.75, 3.05) is 6.54 Å². The number of nitrogens with one attached hydrogen (secondary N) is 3. The number of H-pyrrole nitrogens is 2. The molecule has 0 aliphatic rings. The van der Waals surface area contributed by atoms with Crippen molar-refractivity contribution in [3.8, 4) is 34.0 Å². The summed E-state index contributed by atoms with van der Waals surface area (Å²) in [5.41, 5.74) is 5.33. The van der Waals surface area contributed by atoms with E-state index in [2.05, 4.69) is 40.4 Å². The third kappa shape index (κ3) is 3.69. The lowest BCUT2D eigenvalue weighted by molar-refractivity contribution is 0.642. The van der Waals surface area contributed by atoms with E-state index in [1.807, 2.05) is 37.3 Å². The van der Waals surface area contributed by atoms with Crippen LogP contribution < -0.4 is 5.32 Å². The largest absolute Gasteiger partial charge is 0.336 e. The van der Waals surface area contributed by atoms with Gasteiger partial charge in [-0.3, -0.25) is 20.1 Å². The van der Waals surface area contributed by atoms with Crippen LogP contribution in [0.25, 0.3) is 56.1 Å². The van der Waals surface area contributed by atoms with E-state index in [1.54, 1.807) is 24.8 Å². The Kier molecular flexibility index (Phi) is 5.19. The molecule has 6 rings (SSSR count). The number of fused-ring (bicyclic) bond motifs is 2. The summed E-state index contributed by atoms with van der Waals surface area (Å²) in [4.78, 5) is 25.5. The quantitative estimate of drug-likeness (QED) is 0.336. The van der Waals surface area contributed by atoms with Gasteiger partial charge in [0.1, 0.15) is 22.7 Å². The molecule has 0 aliphatic carbocycles. The molecule has 172 valence electrons. The lowest BCUT2D eigenvalue weighted by Gasteiger charge is -2.07. The molecule has 35 heavy (non-hydrogen) atoms. The Morgan fingerprint density at radius 1 is 1.00 bits per heavy atom. The van der Waals surface area contributed by atoms with Gasteiger partial charge in [-0.2, -0.15) is 5.10 Å². The number of aromatic amines is 2. The second-order valence-corrected chi connectivity index (χ2v) is 8.00. The minimum absolute atomic E-state index is 0.256. The van der Waals surface area contributed by atoms with Crippen LogP contribution in [-0.4, -0.2) is 46.6 Å². The summed E-state index contributed by atoms with van der Waals surface area (Å²) in [6.07, 6.45) is 8.28. The van der Waals surface area contributed by atoms with E-state index in [-0.39, 0.29) is 5.39 Å². The van der Waals surface area contributed by atoms with Gasteiger partial charge in [0.15, 0.2) is 11.5 Å². The van der Waals surface area contributed by atoms with Gasteiger partial charge < -0.3 is 10.3 Å². The first-order valence-electron chi connectivity index (χ1n) is 11.2. The molecule has 0 saturated heterocycles. The highest BCUT2D eigenvalue weighted by molar-refractivity contribution is 5.96. The summed E-state index contributed by atoms with van der Waals surface area (Å²) >= 11 is 0. The fourth-order valence-electron chi connectivity index (χ4n) is 4.07. The summed E-state index contributed by atoms with van der Waals surface area (Å²) in [7, 11) is 0. The van der Waals surface area contributed by atoms with Crippen LogP contribution in [0.1, 0.15) is 12.5 Å². The molecule has 0 atom stereocenters. The number of aromatic nitrogens is 8. The second-order valence-electron chi connectivity index (χ2n) is 8.00. The van der Waals surface area contributed by atoms with Gasteiger partial charge >= 0.3 is 0 Å². The van der Waals surface area contributed by atoms with Crippen LogP contribution in [0, 0.1) is 5.82 Å². The molecule has 0 amide bonds. The van der Waals surface area contributed by atoms with Crippen LogP contribution in [0.2, 0.25) is 0 Å². The molecule has 0 unspecified atom stereocenters. The van der Waals surface area contributed by atoms with Gasteiger partial charge in [0.05, 0.1) is 16.6 Å². The Morgan fingerprint density at radius 2 is 1.94 bits per heavy atom. The summed E-state index contributed by atoms with van der Waals surface area (Å²) < 4.78 is 15.9. The predicted octanol–water partition coefficient (Wildman–Crippen LogP) is 4.27. The van der Waals surface area contributed by atoms with Crippen molar-refractivity contribution >= 4 is 22.1 Å². The standard InChI is InChI=1S/C25H20FN9/c1-2-27-10-14-9-15(12-28-11-14)16-13-31-24-19(20(16)26)23(34-35-24)25-32-18-6-8-30-21(22(18)33-25)17-5-3-4-7-29-17/h3-9,11-13,27H,2,10H2,1H3,(H,32,33)(H,31,34,35). The highest BCUT2D eigenvalue weighted by Gasteiger charge is 2.21. The molecule has 3 N–H and O–H groups in total. The monoisotopic (exact) mass is 465 g/mol. The van der Waals surface area contributed by atoms with Gasteiger partial charge in [-0.25, -0.2) is 14.4 Å². The zero-order valence-electron chi connectivity index (χ0n) is 18.7. The van der Waals surface area contributed by atoms with E-state index in [9.17, 15) is 0 Å². The maximum atomic E-state index is 15.9. The van der Waals surface area contributed by atoms with E-state index in [0.717, 1.165) is 17.6 Å². The molecular formula is C25H20FN9. The third-order valence-corrected chi connectivity index (χ3v) is 5.74. The zero-order valence-corrected chi connectivity index (χ0v) is 18.7. The second kappa shape index (κ2) is 8.65. The van der Waals surface area contributed by atoms with Gasteiger partial charge in [0.2, 0.25) is 0 Å². The molecule has 6 aromatic heterocycles. The first-order valence-corrected chi connectivity index (χ1v) is 11.2. The van der Waals surface area contributed by atoms with Crippen molar-refractivity contribution < 1.29 is 4.39 Å². The molecule has 0 spiro atoms. The maximum Gasteiger partial charge on any atom is 0.159 e. The molecular weight excluding hydrogens is 445 g/mol. The van der Waals surface area contributed by atoms with Crippen LogP contribution in [0.4, 0.5) is 4.39 Å². The van der Waals surface area contributed by atoms with E-state index in [1.165, 1.54) is 6.20 Å². The smallest absolute Gasteiger partial charge is 0.159 e. The highest BCUT2D eigenvalue weighted by atomic mass is 19.1. The minimum atomic E-state index is -0.440. The van der Waals surface area contributed by atoms with Crippen LogP contribution in [0.3, 0.4) is 0 Å². The van der Waals surface area contributed by atoms with Gasteiger partial charge in [0.25, 0.3) is 0 Å². The van der Waals surface area contributed by atoms with Crippen molar-refractivity contribution in [1.29, 1.82) is 0 Å². The fraction of sp³-hybridized carbons (Fsp3) is 0.120. The first-order chi connectivity index (χ1) is 17.2. The molecule has 0 saturated carbocycles. The number of rotatable bonds is 6. The van der Waals surface area contributed by atoms with E-state index >= 15 is 4.39 Å². The maximum absolute atomic E-state index is 15.9. The van der Waals surface area contributed by atoms with Crippen molar-refractivity contribution in [2.24, 2.45) is 0 Å². The average molecular weight is 465 g/mol. The summed E-state index contributed by atoms with van der Waals surface area (Å²) in [5, 5.41) is 10.7. The van der Waals surface area contributed by atoms with Crippen LogP contribution in [-0.2, 0) is 6.54 Å². The van der Waals surface area contributed by atoms with Gasteiger partial charge in [-0.1, -0.05) is 13.0 Å². The molecule has 0 bridgehead atoms.